The molecule has 8 aromatic rings. The van der Waals surface area contributed by atoms with E-state index in [1.807, 2.05) is 59.3 Å². The number of carbonyl (C=O) groups is 2. The normalized spacial score (nSPS) is 13.3. The van der Waals surface area contributed by atoms with Gasteiger partial charge in [0.25, 0.3) is 0 Å². The predicted octanol–water partition coefficient (Wildman–Crippen LogP) is 11.5. The zero-order valence-corrected chi connectivity index (χ0v) is 39.5. The van der Waals surface area contributed by atoms with Crippen LogP contribution in [0, 0.1) is 0 Å². The number of aromatic nitrogens is 4. The Morgan fingerprint density at radius 3 is 1.38 bits per heavy atom. The van der Waals surface area contributed by atoms with Gasteiger partial charge in [-0.05, 0) is 83.7 Å². The van der Waals surface area contributed by atoms with E-state index in [9.17, 15) is 41.0 Å². The maximum absolute atomic E-state index is 13.1. The third-order valence-corrected chi connectivity index (χ3v) is 14.8. The van der Waals surface area contributed by atoms with Gasteiger partial charge in [-0.15, -0.1) is 45.3 Å². The second-order valence-electron chi connectivity index (χ2n) is 15.4. The Morgan fingerprint density at radius 1 is 0.638 bits per heavy atom. The molecule has 2 fully saturated rings. The molecule has 6 aromatic heterocycles. The Hall–Kier alpha value is -5.92. The van der Waals surface area contributed by atoms with Crippen molar-refractivity contribution in [3.8, 4) is 43.4 Å². The van der Waals surface area contributed by atoms with Gasteiger partial charge in [0.15, 0.2) is 10.3 Å². The Bertz CT molecular complexity index is 3070. The molecule has 0 atom stereocenters. The van der Waals surface area contributed by atoms with Crippen molar-refractivity contribution in [2.75, 3.05) is 17.7 Å². The minimum Gasteiger partial charge on any atom is -0.870 e. The summed E-state index contributed by atoms with van der Waals surface area (Å²) in [5.74, 6) is -1.84. The van der Waals surface area contributed by atoms with E-state index in [-0.39, 0.29) is 41.5 Å². The van der Waals surface area contributed by atoms with Gasteiger partial charge in [0.2, 0.25) is 0 Å². The van der Waals surface area contributed by atoms with Crippen molar-refractivity contribution in [1.82, 2.24) is 19.9 Å². The number of ether oxygens (including phenoxy) is 1. The summed E-state index contributed by atoms with van der Waals surface area (Å²) in [6.07, 6.45) is -3.79. The monoisotopic (exact) mass is 1010 g/mol. The fourth-order valence-corrected chi connectivity index (χ4v) is 10.7. The fraction of sp³-hybridized carbons (Fsp3) is 0.191. The zero-order chi connectivity index (χ0) is 47.0. The number of carboxylic acid groups (broad SMARTS) is 1. The van der Waals surface area contributed by atoms with Crippen molar-refractivity contribution in [2.45, 2.75) is 49.9 Å². The minimum atomic E-state index is -4.68. The Balaban J connectivity index is 0.000000198. The van der Waals surface area contributed by atoms with Crippen molar-refractivity contribution in [3.05, 3.63) is 140 Å². The number of alkyl halides is 6. The summed E-state index contributed by atoms with van der Waals surface area (Å²) in [6.45, 7) is 0. The number of halogens is 6. The number of anilines is 4. The number of benzene rings is 2. The number of carboxylic acids is 1. The summed E-state index contributed by atoms with van der Waals surface area (Å²) in [5.41, 5.74) is 2.74. The number of hydrogen-bond donors (Lipinski definition) is 3. The standard InChI is InChI=1S/C24H18F3N3O2S2.C23H16F3N3O2S2.Li.H2O/c1-32-22(31)17-11-16(24(25,26)27)12-28-21(17)30-23-29-19(20(34-23)15-8-9-15)14-6-4-13(5-7-14)18-3-2-10-33-18;24-23(25,26)15-10-16(21(30)31)20(27-11-15)29-22-28-18(19(33-22)14-7-8-14)13-5-3-12(4-6-13)17-2-1-9-32-17;;/h2-7,10-12,15H,8-9H2,1H3,(H,28,29,30);1-6,9-11,14H,7-8H2,(H,30,31)(H,27,28,29);;1H2/q;;+1;/p-1. The maximum Gasteiger partial charge on any atom is 1.00 e. The van der Waals surface area contributed by atoms with Gasteiger partial charge in [0, 0.05) is 43.0 Å². The van der Waals surface area contributed by atoms with Crippen LogP contribution in [0.3, 0.4) is 0 Å². The van der Waals surface area contributed by atoms with E-state index in [1.165, 1.54) is 32.4 Å². The zero-order valence-electron chi connectivity index (χ0n) is 36.2. The van der Waals surface area contributed by atoms with Gasteiger partial charge in [-0.25, -0.2) is 29.5 Å². The molecule has 0 amide bonds. The number of nitrogens with one attached hydrogen (secondary N) is 2. The molecule has 350 valence electrons. The van der Waals surface area contributed by atoms with Crippen LogP contribution in [0.25, 0.3) is 43.4 Å². The van der Waals surface area contributed by atoms with Gasteiger partial charge < -0.3 is 26.0 Å². The number of aromatic carboxylic acids is 1. The van der Waals surface area contributed by atoms with Crippen molar-refractivity contribution in [3.63, 3.8) is 0 Å². The number of methoxy groups -OCH3 is 1. The average molecular weight is 1010 g/mol. The number of rotatable bonds is 12. The second-order valence-corrected chi connectivity index (χ2v) is 19.4. The number of hydrogen-bond acceptors (Lipinski definition) is 14. The van der Waals surface area contributed by atoms with Crippen molar-refractivity contribution in [2.24, 2.45) is 0 Å². The van der Waals surface area contributed by atoms with Gasteiger partial charge in [-0.1, -0.05) is 60.7 Å². The van der Waals surface area contributed by atoms with E-state index in [4.69, 9.17) is 4.98 Å². The number of thiophene rings is 2. The molecule has 22 heteroatoms. The fourth-order valence-electron chi connectivity index (χ4n) is 6.97. The molecular formula is C47H35F6LiN6O5S4. The van der Waals surface area contributed by atoms with Gasteiger partial charge in [0.1, 0.15) is 22.8 Å². The first kappa shape index (κ1) is 50.9. The molecule has 0 saturated heterocycles. The second kappa shape index (κ2) is 21.0. The smallest absolute Gasteiger partial charge is 0.870 e. The number of esters is 1. The summed E-state index contributed by atoms with van der Waals surface area (Å²) < 4.78 is 83.0. The number of pyridine rings is 2. The molecule has 69 heavy (non-hydrogen) atoms. The Morgan fingerprint density at radius 2 is 1.03 bits per heavy atom. The van der Waals surface area contributed by atoms with Crippen LogP contribution in [-0.4, -0.2) is 49.6 Å². The third-order valence-electron chi connectivity index (χ3n) is 10.6. The van der Waals surface area contributed by atoms with Gasteiger partial charge in [-0.3, -0.25) is 0 Å². The number of nitrogens with zero attached hydrogens (tertiary/aromatic N) is 4. The SMILES string of the molecule is COC(=O)c1cc(C(F)(F)F)cnc1Nc1nc(-c2ccc(-c3cccs3)cc2)c(C2CC2)s1.O=C(O)c1cc(C(F)(F)F)cnc1Nc1nc(-c2ccc(-c3cccs3)cc2)c(C2CC2)s1.[Li+].[OH-]. The van der Waals surface area contributed by atoms with Crippen LogP contribution >= 0.6 is 45.3 Å². The molecule has 0 bridgehead atoms. The molecular weight excluding hydrogens is 978 g/mol. The van der Waals surface area contributed by atoms with Crippen molar-refractivity contribution in [1.29, 1.82) is 0 Å². The number of thiazole rings is 2. The molecule has 4 N–H and O–H groups in total. The third kappa shape index (κ3) is 11.8. The summed E-state index contributed by atoms with van der Waals surface area (Å²) in [7, 11) is 1.11. The first-order chi connectivity index (χ1) is 32.1. The van der Waals surface area contributed by atoms with Crippen LogP contribution in [0.4, 0.5) is 48.2 Å². The first-order valence-corrected chi connectivity index (χ1v) is 23.8. The van der Waals surface area contributed by atoms with E-state index >= 15 is 0 Å². The quantitative estimate of drug-likeness (QED) is 0.0605. The van der Waals surface area contributed by atoms with Crippen LogP contribution in [0.1, 0.15) is 79.1 Å². The first-order valence-electron chi connectivity index (χ1n) is 20.4. The van der Waals surface area contributed by atoms with Crippen molar-refractivity contribution < 1.29 is 70.1 Å². The van der Waals surface area contributed by atoms with Gasteiger partial charge in [0.05, 0.1) is 29.6 Å². The molecule has 0 aliphatic heterocycles. The molecule has 0 radical (unpaired) electrons. The molecule has 6 heterocycles. The summed E-state index contributed by atoms with van der Waals surface area (Å²) in [5, 5.41) is 20.1. The topological polar surface area (TPSA) is 169 Å². The molecule has 10 rings (SSSR count). The van der Waals surface area contributed by atoms with Crippen LogP contribution in [-0.2, 0) is 17.1 Å². The molecule has 2 aliphatic rings. The average Bonchev–Trinajstić information content (AvgIpc) is 4.05. The Kier molecular flexibility index (Phi) is 15.5. The van der Waals surface area contributed by atoms with Crippen LogP contribution < -0.4 is 29.5 Å². The van der Waals surface area contributed by atoms with Gasteiger partial charge in [-0.2, -0.15) is 26.3 Å². The Labute approximate surface area is 417 Å². The predicted molar refractivity (Wildman–Crippen MR) is 251 cm³/mol. The van der Waals surface area contributed by atoms with Crippen LogP contribution in [0.15, 0.2) is 108 Å². The minimum absolute atomic E-state index is 0. The summed E-state index contributed by atoms with van der Waals surface area (Å²) >= 11 is 6.13. The van der Waals surface area contributed by atoms with Crippen LogP contribution in [0.2, 0.25) is 0 Å². The molecule has 2 aliphatic carbocycles. The molecule has 2 aromatic carbocycles. The van der Waals surface area contributed by atoms with E-state index in [0.29, 0.717) is 40.6 Å². The summed E-state index contributed by atoms with van der Waals surface area (Å²) in [6, 6.07) is 25.7. The van der Waals surface area contributed by atoms with E-state index in [0.717, 1.165) is 82.3 Å². The van der Waals surface area contributed by atoms with Crippen molar-refractivity contribution >= 4 is 79.2 Å². The van der Waals surface area contributed by atoms with E-state index in [2.05, 4.69) is 54.6 Å². The number of carbonyl (C=O) groups excluding carboxylic acids is 1. The summed E-state index contributed by atoms with van der Waals surface area (Å²) in [4.78, 5) is 45.2. The van der Waals surface area contributed by atoms with E-state index in [1.54, 1.807) is 22.7 Å². The molecule has 11 nitrogen and oxygen atoms in total. The largest absolute Gasteiger partial charge is 1.00 e. The molecule has 2 saturated carbocycles. The van der Waals surface area contributed by atoms with Crippen LogP contribution in [0.5, 0.6) is 0 Å². The van der Waals surface area contributed by atoms with Gasteiger partial charge >= 0.3 is 43.2 Å². The molecule has 0 spiro atoms. The maximum atomic E-state index is 13.1. The van der Waals surface area contributed by atoms with E-state index < -0.39 is 41.0 Å². The molecule has 0 unspecified atom stereocenters.